The summed E-state index contributed by atoms with van der Waals surface area (Å²) in [6.07, 6.45) is -25.9. The lowest BCUT2D eigenvalue weighted by atomic mass is 9.72. The van der Waals surface area contributed by atoms with Gasteiger partial charge in [0.05, 0.1) is 13.2 Å². The molecule has 0 heterocycles. The second-order valence-corrected chi connectivity index (χ2v) is 14.3. The fourth-order valence-corrected chi connectivity index (χ4v) is 7.05. The van der Waals surface area contributed by atoms with Gasteiger partial charge in [0.1, 0.15) is 24.7 Å². The van der Waals surface area contributed by atoms with Crippen LogP contribution in [-0.4, -0.2) is 74.7 Å². The number of alkyl halides is 18. The Kier molecular flexibility index (Phi) is 10.8. The van der Waals surface area contributed by atoms with Crippen LogP contribution >= 0.6 is 0 Å². The van der Waals surface area contributed by atoms with Gasteiger partial charge in [0.15, 0.2) is 0 Å². The number of benzene rings is 2. The maximum Gasteiger partial charge on any atom is 0.460 e. The number of fused-ring (bicyclic) bond motifs is 4. The summed E-state index contributed by atoms with van der Waals surface area (Å²) in [5.41, 5.74) is 0.435. The number of hydrogen-bond donors (Lipinski definition) is 0. The van der Waals surface area contributed by atoms with Gasteiger partial charge in [-0.1, -0.05) is 39.8 Å². The summed E-state index contributed by atoms with van der Waals surface area (Å²) in [7, 11) is 0. The van der Waals surface area contributed by atoms with E-state index in [-0.39, 0.29) is 11.5 Å². The third kappa shape index (κ3) is 7.26. The minimum Gasteiger partial charge on any atom is -0.491 e. The second-order valence-electron chi connectivity index (χ2n) is 14.3. The van der Waals surface area contributed by atoms with Crippen molar-refractivity contribution in [3.05, 3.63) is 58.7 Å². The van der Waals surface area contributed by atoms with E-state index in [1.165, 1.54) is 24.3 Å². The van der Waals surface area contributed by atoms with Gasteiger partial charge in [-0.3, -0.25) is 0 Å². The quantitative estimate of drug-likeness (QED) is 0.140. The van der Waals surface area contributed by atoms with Crippen molar-refractivity contribution in [3.8, 4) is 11.5 Å². The summed E-state index contributed by atoms with van der Waals surface area (Å²) in [6.45, 7) is 2.23. The molecule has 0 amide bonds. The molecule has 2 aromatic rings. The molecule has 0 fully saturated rings. The largest absolute Gasteiger partial charge is 0.491 e. The van der Waals surface area contributed by atoms with E-state index in [1.807, 2.05) is 27.7 Å². The van der Waals surface area contributed by atoms with E-state index >= 15 is 0 Å². The Hall–Kier alpha value is -3.30. The third-order valence-corrected chi connectivity index (χ3v) is 9.46. The smallest absolute Gasteiger partial charge is 0.460 e. The molecule has 0 radical (unpaired) electrons. The highest BCUT2D eigenvalue weighted by Crippen LogP contribution is 2.63. The predicted octanol–water partition coefficient (Wildman–Crippen LogP) is 11.0. The van der Waals surface area contributed by atoms with Crippen LogP contribution in [0.2, 0.25) is 0 Å². The zero-order valence-corrected chi connectivity index (χ0v) is 28.6. The normalized spacial score (nSPS) is 18.7. The molecule has 4 nitrogen and oxygen atoms in total. The van der Waals surface area contributed by atoms with Crippen LogP contribution in [0.3, 0.4) is 0 Å². The first kappa shape index (κ1) is 44.4. The van der Waals surface area contributed by atoms with E-state index in [0.717, 1.165) is 11.1 Å². The number of hydrogen-bond acceptors (Lipinski definition) is 4. The van der Waals surface area contributed by atoms with Crippen LogP contribution in [0.1, 0.15) is 62.8 Å². The molecule has 4 rings (SSSR count). The Balaban J connectivity index is 1.53. The van der Waals surface area contributed by atoms with E-state index in [2.05, 4.69) is 9.47 Å². The average molecular weight is 833 g/mol. The molecule has 0 bridgehead atoms. The molecule has 2 aliphatic carbocycles. The Bertz CT molecular complexity index is 1600. The molecule has 2 aliphatic rings. The van der Waals surface area contributed by atoms with Crippen molar-refractivity contribution in [1.29, 1.82) is 0 Å². The van der Waals surface area contributed by atoms with Gasteiger partial charge in [-0.25, -0.2) is 0 Å². The molecular formula is C33H30F18O4. The Morgan fingerprint density at radius 3 is 1.04 bits per heavy atom. The fourth-order valence-electron chi connectivity index (χ4n) is 7.05. The van der Waals surface area contributed by atoms with E-state index < -0.39 is 90.9 Å². The maximum absolute atomic E-state index is 13.8. The van der Waals surface area contributed by atoms with Gasteiger partial charge in [0.25, 0.3) is 0 Å². The van der Waals surface area contributed by atoms with Crippen molar-refractivity contribution >= 4 is 0 Å². The van der Waals surface area contributed by atoms with Gasteiger partial charge in [0, 0.05) is 5.41 Å². The number of ether oxygens (including phenoxy) is 4. The summed E-state index contributed by atoms with van der Waals surface area (Å²) in [4.78, 5) is 0. The van der Waals surface area contributed by atoms with Crippen LogP contribution < -0.4 is 9.47 Å². The van der Waals surface area contributed by atoms with Crippen LogP contribution in [0.15, 0.2) is 36.4 Å². The number of rotatable bonds is 14. The van der Waals surface area contributed by atoms with Crippen LogP contribution in [-0.2, 0) is 25.7 Å². The van der Waals surface area contributed by atoms with Crippen molar-refractivity contribution in [2.24, 2.45) is 0 Å². The van der Waals surface area contributed by atoms with Crippen molar-refractivity contribution in [2.75, 3.05) is 26.4 Å². The lowest BCUT2D eigenvalue weighted by Crippen LogP contribution is -2.61. The SMILES string of the molecule is CC1(C)CC2(CC(C)(C)c3ccc(OCCOC(F)(F)C(F)(F)C(F)(F)C(F)(F)F)cc32)c2cc(OCCOC(F)(F)C(F)(F)C(F)(F)C(F)(F)F)ccc21. The summed E-state index contributed by atoms with van der Waals surface area (Å²) >= 11 is 0. The molecule has 2 aromatic carbocycles. The van der Waals surface area contributed by atoms with Crippen molar-refractivity contribution in [3.63, 3.8) is 0 Å². The minimum absolute atomic E-state index is 0.0974. The predicted molar refractivity (Wildman–Crippen MR) is 154 cm³/mol. The standard InChI is InChI=1S/C33H30F18O4/c1-23(2)15-25(21-13-17(5-7-19(21)23)52-9-11-54-32(48,49)28(38,39)26(34,35)30(42,43)44)16-24(3,4)20-8-6-18(14-22(20)25)53-10-12-55-33(50,51)29(40,41)27(36,37)31(45,46)47/h5-8,13-14H,9-12,15-16H2,1-4H3. The van der Waals surface area contributed by atoms with E-state index in [4.69, 9.17) is 9.47 Å². The average Bonchev–Trinajstić information content (AvgIpc) is 3.38. The molecule has 55 heavy (non-hydrogen) atoms. The summed E-state index contributed by atoms with van der Waals surface area (Å²) < 4.78 is 254. The molecule has 1 spiro atoms. The van der Waals surface area contributed by atoms with Crippen LogP contribution in [0.4, 0.5) is 79.0 Å². The van der Waals surface area contributed by atoms with Gasteiger partial charge in [-0.2, -0.15) is 79.0 Å². The molecule has 0 unspecified atom stereocenters. The molecule has 0 aromatic heterocycles. The molecule has 0 N–H and O–H groups in total. The zero-order chi connectivity index (χ0) is 42.3. The molecule has 312 valence electrons. The highest BCUT2D eigenvalue weighted by molar-refractivity contribution is 5.61. The van der Waals surface area contributed by atoms with Crippen molar-refractivity contribution in [1.82, 2.24) is 0 Å². The van der Waals surface area contributed by atoms with Gasteiger partial charge < -0.3 is 18.9 Å². The molecule has 0 saturated carbocycles. The fraction of sp³-hybridized carbons (Fsp3) is 0.636. The molecular weight excluding hydrogens is 802 g/mol. The lowest BCUT2D eigenvalue weighted by molar-refractivity contribution is -0.444. The molecule has 22 heteroatoms. The summed E-state index contributed by atoms with van der Waals surface area (Å²) in [5.74, 6) is -28.5. The minimum atomic E-state index is -7.15. The van der Waals surface area contributed by atoms with Crippen molar-refractivity contribution in [2.45, 2.75) is 105 Å². The van der Waals surface area contributed by atoms with Gasteiger partial charge in [-0.05, 0) is 70.2 Å². The van der Waals surface area contributed by atoms with Crippen LogP contribution in [0.5, 0.6) is 11.5 Å². The van der Waals surface area contributed by atoms with Crippen LogP contribution in [0.25, 0.3) is 0 Å². The summed E-state index contributed by atoms with van der Waals surface area (Å²) in [6, 6.07) is 8.73. The topological polar surface area (TPSA) is 36.9 Å². The molecule has 0 atom stereocenters. The van der Waals surface area contributed by atoms with Crippen LogP contribution in [0, 0.1) is 0 Å². The van der Waals surface area contributed by atoms with E-state index in [1.54, 1.807) is 12.1 Å². The first-order chi connectivity index (χ1) is 24.5. The van der Waals surface area contributed by atoms with Gasteiger partial charge in [-0.15, -0.1) is 0 Å². The van der Waals surface area contributed by atoms with E-state index in [9.17, 15) is 79.0 Å². The first-order valence-electron chi connectivity index (χ1n) is 15.8. The monoisotopic (exact) mass is 832 g/mol. The Morgan fingerprint density at radius 1 is 0.436 bits per heavy atom. The highest BCUT2D eigenvalue weighted by Gasteiger charge is 2.84. The maximum atomic E-state index is 13.8. The van der Waals surface area contributed by atoms with E-state index in [0.29, 0.717) is 24.0 Å². The molecule has 0 aliphatic heterocycles. The zero-order valence-electron chi connectivity index (χ0n) is 28.6. The number of halogens is 18. The first-order valence-corrected chi connectivity index (χ1v) is 15.8. The Labute approximate surface area is 300 Å². The highest BCUT2D eigenvalue weighted by atomic mass is 19.4. The summed E-state index contributed by atoms with van der Waals surface area (Å²) in [5, 5.41) is 0. The van der Waals surface area contributed by atoms with Gasteiger partial charge in [0.2, 0.25) is 0 Å². The van der Waals surface area contributed by atoms with Gasteiger partial charge >= 0.3 is 48.3 Å². The second kappa shape index (κ2) is 13.4. The van der Waals surface area contributed by atoms with Crippen molar-refractivity contribution < 1.29 is 98.0 Å². The lowest BCUT2D eigenvalue weighted by Gasteiger charge is -2.33. The molecule has 0 saturated heterocycles. The third-order valence-electron chi connectivity index (χ3n) is 9.46. The Morgan fingerprint density at radius 2 is 0.745 bits per heavy atom.